The van der Waals surface area contributed by atoms with Crippen molar-refractivity contribution in [3.05, 3.63) is 29.8 Å². The van der Waals surface area contributed by atoms with Crippen LogP contribution >= 0.6 is 11.8 Å². The number of aryl methyl sites for hydroxylation is 1. The maximum Gasteiger partial charge on any atom is 0.240 e. The number of ether oxygens (including phenoxy) is 1. The maximum absolute atomic E-state index is 13.0. The van der Waals surface area contributed by atoms with Crippen molar-refractivity contribution in [2.75, 3.05) is 13.2 Å². The zero-order valence-corrected chi connectivity index (χ0v) is 18.0. The molecule has 5 heteroatoms. The number of carbonyl (C=O) groups excluding carboxylic acids is 1. The van der Waals surface area contributed by atoms with Crippen molar-refractivity contribution in [3.63, 3.8) is 0 Å². The van der Waals surface area contributed by atoms with Crippen LogP contribution in [0.1, 0.15) is 58.4 Å². The number of benzene rings is 1. The molecule has 0 aromatic heterocycles. The molecule has 3 rings (SSSR count). The highest BCUT2D eigenvalue weighted by Crippen LogP contribution is 2.50. The molecule has 1 aromatic rings. The Kier molecular flexibility index (Phi) is 5.95. The van der Waals surface area contributed by atoms with Gasteiger partial charge in [-0.2, -0.15) is 0 Å². The van der Waals surface area contributed by atoms with Gasteiger partial charge in [-0.3, -0.25) is 4.79 Å². The van der Waals surface area contributed by atoms with Gasteiger partial charge in [0.15, 0.2) is 0 Å². The van der Waals surface area contributed by atoms with E-state index in [1.807, 2.05) is 32.5 Å². The summed E-state index contributed by atoms with van der Waals surface area (Å²) in [5, 5.41) is 3.22. The van der Waals surface area contributed by atoms with E-state index in [2.05, 4.69) is 36.5 Å². The van der Waals surface area contributed by atoms with E-state index in [-0.39, 0.29) is 22.2 Å². The molecule has 0 spiro atoms. The van der Waals surface area contributed by atoms with Gasteiger partial charge in [-0.15, -0.1) is 11.8 Å². The maximum atomic E-state index is 13.0. The molecule has 2 aliphatic rings. The SMILES string of the molecule is CCOC1CC(N)(C(=O)NCC2(Sc3ccc(C)cc3)CCCC2)C1(C)C. The molecule has 0 bridgehead atoms. The van der Waals surface area contributed by atoms with E-state index in [1.54, 1.807) is 0 Å². The summed E-state index contributed by atoms with van der Waals surface area (Å²) in [6.07, 6.45) is 5.36. The lowest BCUT2D eigenvalue weighted by Crippen LogP contribution is -2.76. The van der Waals surface area contributed by atoms with E-state index < -0.39 is 5.54 Å². The monoisotopic (exact) mass is 390 g/mol. The van der Waals surface area contributed by atoms with E-state index in [4.69, 9.17) is 10.5 Å². The molecule has 2 unspecified atom stereocenters. The molecule has 0 saturated heterocycles. The van der Waals surface area contributed by atoms with Crippen LogP contribution in [0.5, 0.6) is 0 Å². The molecule has 1 amide bonds. The number of rotatable bonds is 7. The lowest BCUT2D eigenvalue weighted by atomic mass is 9.54. The molecule has 27 heavy (non-hydrogen) atoms. The topological polar surface area (TPSA) is 64.3 Å². The summed E-state index contributed by atoms with van der Waals surface area (Å²) in [6.45, 7) is 9.52. The van der Waals surface area contributed by atoms with Crippen molar-refractivity contribution in [3.8, 4) is 0 Å². The Balaban J connectivity index is 1.64. The number of carbonyl (C=O) groups is 1. The molecule has 1 aromatic carbocycles. The average molecular weight is 391 g/mol. The number of hydrogen-bond donors (Lipinski definition) is 2. The Morgan fingerprint density at radius 3 is 2.44 bits per heavy atom. The number of nitrogens with two attached hydrogens (primary N) is 1. The first-order valence-corrected chi connectivity index (χ1v) is 11.0. The second-order valence-electron chi connectivity index (χ2n) is 8.83. The van der Waals surface area contributed by atoms with Crippen LogP contribution in [0, 0.1) is 12.3 Å². The van der Waals surface area contributed by atoms with E-state index >= 15 is 0 Å². The fourth-order valence-corrected chi connectivity index (χ4v) is 5.82. The Hall–Kier alpha value is -1.04. The quantitative estimate of drug-likeness (QED) is 0.737. The molecule has 2 saturated carbocycles. The molecule has 3 N–H and O–H groups in total. The minimum Gasteiger partial charge on any atom is -0.378 e. The van der Waals surface area contributed by atoms with Crippen molar-refractivity contribution in [2.45, 2.75) is 81.1 Å². The Bertz CT molecular complexity index is 667. The minimum atomic E-state index is -0.846. The summed E-state index contributed by atoms with van der Waals surface area (Å²) in [7, 11) is 0. The van der Waals surface area contributed by atoms with Crippen LogP contribution in [0.2, 0.25) is 0 Å². The Morgan fingerprint density at radius 1 is 1.26 bits per heavy atom. The summed E-state index contributed by atoms with van der Waals surface area (Å²) in [4.78, 5) is 14.3. The largest absolute Gasteiger partial charge is 0.378 e. The van der Waals surface area contributed by atoms with Crippen molar-refractivity contribution in [1.29, 1.82) is 0 Å². The van der Waals surface area contributed by atoms with Gasteiger partial charge in [-0.25, -0.2) is 0 Å². The molecule has 150 valence electrons. The normalized spacial score (nSPS) is 28.6. The van der Waals surface area contributed by atoms with E-state index in [9.17, 15) is 4.79 Å². The van der Waals surface area contributed by atoms with Gasteiger partial charge in [0.05, 0.1) is 6.10 Å². The van der Waals surface area contributed by atoms with Gasteiger partial charge < -0.3 is 15.8 Å². The smallest absolute Gasteiger partial charge is 0.240 e. The molecule has 2 aliphatic carbocycles. The highest BCUT2D eigenvalue weighted by atomic mass is 32.2. The van der Waals surface area contributed by atoms with Crippen molar-refractivity contribution >= 4 is 17.7 Å². The van der Waals surface area contributed by atoms with Gasteiger partial charge >= 0.3 is 0 Å². The highest BCUT2D eigenvalue weighted by molar-refractivity contribution is 8.00. The fourth-order valence-electron chi connectivity index (χ4n) is 4.41. The third-order valence-electron chi connectivity index (χ3n) is 6.68. The van der Waals surface area contributed by atoms with Crippen LogP contribution in [0.3, 0.4) is 0 Å². The summed E-state index contributed by atoms with van der Waals surface area (Å²) in [6, 6.07) is 8.69. The van der Waals surface area contributed by atoms with Gasteiger partial charge in [0.1, 0.15) is 5.54 Å². The van der Waals surface area contributed by atoms with Crippen LogP contribution in [-0.4, -0.2) is 35.4 Å². The minimum absolute atomic E-state index is 0.0285. The number of nitrogens with one attached hydrogen (secondary N) is 1. The zero-order chi connectivity index (χ0) is 19.7. The van der Waals surface area contributed by atoms with Gasteiger partial charge in [-0.1, -0.05) is 44.4 Å². The molecule has 2 atom stereocenters. The van der Waals surface area contributed by atoms with Crippen molar-refractivity contribution in [1.82, 2.24) is 5.32 Å². The van der Waals surface area contributed by atoms with E-state index in [1.165, 1.54) is 23.3 Å². The lowest BCUT2D eigenvalue weighted by molar-refractivity contribution is -0.170. The molecule has 2 fully saturated rings. The summed E-state index contributed by atoms with van der Waals surface area (Å²) in [5.74, 6) is -0.0285. The van der Waals surface area contributed by atoms with Crippen LogP contribution in [-0.2, 0) is 9.53 Å². The summed E-state index contributed by atoms with van der Waals surface area (Å²) < 4.78 is 5.84. The predicted molar refractivity (Wildman–Crippen MR) is 112 cm³/mol. The Labute approximate surface area is 168 Å². The third kappa shape index (κ3) is 3.92. The third-order valence-corrected chi connectivity index (χ3v) is 8.17. The second kappa shape index (κ2) is 7.76. The second-order valence-corrected chi connectivity index (χ2v) is 10.4. The van der Waals surface area contributed by atoms with E-state index in [0.717, 1.165) is 12.8 Å². The Morgan fingerprint density at radius 2 is 1.89 bits per heavy atom. The van der Waals surface area contributed by atoms with Gasteiger partial charge in [0, 0.05) is 34.6 Å². The molecule has 0 heterocycles. The number of hydrogen-bond acceptors (Lipinski definition) is 4. The number of amides is 1. The summed E-state index contributed by atoms with van der Waals surface area (Å²) in [5.41, 5.74) is 6.62. The fraction of sp³-hybridized carbons (Fsp3) is 0.682. The van der Waals surface area contributed by atoms with Crippen LogP contribution < -0.4 is 11.1 Å². The van der Waals surface area contributed by atoms with Gasteiger partial charge in [0.25, 0.3) is 0 Å². The first kappa shape index (κ1) is 20.7. The predicted octanol–water partition coefficient (Wildman–Crippen LogP) is 4.05. The first-order chi connectivity index (χ1) is 12.7. The number of thioether (sulfide) groups is 1. The standard InChI is InChI=1S/C22H34N2O2S/c1-5-26-18-14-22(23,20(18,3)4)19(25)24-15-21(12-6-7-13-21)27-17-10-8-16(2)9-11-17/h8-11,18H,5-7,12-15,23H2,1-4H3,(H,24,25). The first-order valence-electron chi connectivity index (χ1n) is 10.2. The zero-order valence-electron chi connectivity index (χ0n) is 17.1. The lowest BCUT2D eigenvalue weighted by Gasteiger charge is -2.57. The van der Waals surface area contributed by atoms with Crippen LogP contribution in [0.4, 0.5) is 0 Å². The molecule has 0 radical (unpaired) electrons. The van der Waals surface area contributed by atoms with Gasteiger partial charge in [0.2, 0.25) is 5.91 Å². The average Bonchev–Trinajstić information content (AvgIpc) is 3.10. The van der Waals surface area contributed by atoms with E-state index in [0.29, 0.717) is 19.6 Å². The van der Waals surface area contributed by atoms with Crippen LogP contribution in [0.15, 0.2) is 29.2 Å². The molecule has 0 aliphatic heterocycles. The van der Waals surface area contributed by atoms with Gasteiger partial charge in [-0.05, 0) is 38.8 Å². The van der Waals surface area contributed by atoms with Crippen molar-refractivity contribution in [2.24, 2.45) is 11.1 Å². The summed E-state index contributed by atoms with van der Waals surface area (Å²) >= 11 is 1.91. The molecular weight excluding hydrogens is 356 g/mol. The van der Waals surface area contributed by atoms with Crippen molar-refractivity contribution < 1.29 is 9.53 Å². The van der Waals surface area contributed by atoms with Crippen LogP contribution in [0.25, 0.3) is 0 Å². The highest BCUT2D eigenvalue weighted by Gasteiger charge is 2.63. The molecular formula is C22H34N2O2S. The molecule has 4 nitrogen and oxygen atoms in total.